The van der Waals surface area contributed by atoms with Crippen LogP contribution in [0.5, 0.6) is 5.75 Å². The summed E-state index contributed by atoms with van der Waals surface area (Å²) in [5, 5.41) is 3.00. The maximum atomic E-state index is 13.3. The first-order chi connectivity index (χ1) is 14.8. The minimum atomic E-state index is -0.136. The zero-order chi connectivity index (χ0) is 22.5. The van der Waals surface area contributed by atoms with Gasteiger partial charge in [0.15, 0.2) is 0 Å². The molecule has 1 aromatic rings. The third-order valence-electron chi connectivity index (χ3n) is 6.75. The SMILES string of the molecule is CO[C@H]1CN(C)C(=O)c2cc(NC(=O)C3CCCC3)ccc2OC[C@H](C)N(C)C[C@H]1C. The summed E-state index contributed by atoms with van der Waals surface area (Å²) in [4.78, 5) is 29.8. The van der Waals surface area contributed by atoms with E-state index in [4.69, 9.17) is 9.47 Å². The third kappa shape index (κ3) is 5.77. The Labute approximate surface area is 186 Å². The Balaban J connectivity index is 1.87. The molecule has 3 atom stereocenters. The average Bonchev–Trinajstić information content (AvgIpc) is 3.29. The van der Waals surface area contributed by atoms with Crippen molar-refractivity contribution in [1.82, 2.24) is 9.80 Å². The van der Waals surface area contributed by atoms with Crippen LogP contribution < -0.4 is 10.1 Å². The van der Waals surface area contributed by atoms with Crippen LogP contribution in [-0.4, -0.2) is 74.7 Å². The summed E-state index contributed by atoms with van der Waals surface area (Å²) < 4.78 is 11.8. The number of anilines is 1. The van der Waals surface area contributed by atoms with Crippen LogP contribution in [0.1, 0.15) is 49.9 Å². The van der Waals surface area contributed by atoms with Gasteiger partial charge in [-0.15, -0.1) is 0 Å². The van der Waals surface area contributed by atoms with Gasteiger partial charge in [-0.05, 0) is 50.9 Å². The quantitative estimate of drug-likeness (QED) is 0.796. The molecule has 0 unspecified atom stereocenters. The van der Waals surface area contributed by atoms with Gasteiger partial charge < -0.3 is 19.7 Å². The van der Waals surface area contributed by atoms with Crippen LogP contribution in [0.3, 0.4) is 0 Å². The molecule has 1 N–H and O–H groups in total. The summed E-state index contributed by atoms with van der Waals surface area (Å²) in [6.45, 7) is 6.07. The maximum Gasteiger partial charge on any atom is 0.257 e. The third-order valence-corrected chi connectivity index (χ3v) is 6.75. The second-order valence-corrected chi connectivity index (χ2v) is 9.22. The van der Waals surface area contributed by atoms with Crippen molar-refractivity contribution in [3.05, 3.63) is 23.8 Å². The van der Waals surface area contributed by atoms with Crippen molar-refractivity contribution >= 4 is 17.5 Å². The summed E-state index contributed by atoms with van der Waals surface area (Å²) in [6, 6.07) is 5.54. The number of fused-ring (bicyclic) bond motifs is 1. The smallest absolute Gasteiger partial charge is 0.257 e. The molecule has 1 aromatic carbocycles. The van der Waals surface area contributed by atoms with E-state index in [1.807, 2.05) is 6.07 Å². The number of rotatable bonds is 3. The van der Waals surface area contributed by atoms with E-state index >= 15 is 0 Å². The van der Waals surface area contributed by atoms with Crippen LogP contribution in [0.2, 0.25) is 0 Å². The van der Waals surface area contributed by atoms with Gasteiger partial charge in [0.05, 0.1) is 11.7 Å². The average molecular weight is 432 g/mol. The number of likely N-dealkylation sites (N-methyl/N-ethyl adjacent to an activating group) is 2. The van der Waals surface area contributed by atoms with Crippen molar-refractivity contribution < 1.29 is 19.1 Å². The van der Waals surface area contributed by atoms with Crippen LogP contribution >= 0.6 is 0 Å². The number of nitrogens with one attached hydrogen (secondary N) is 1. The molecule has 2 amide bonds. The second kappa shape index (κ2) is 10.5. The number of hydrogen-bond acceptors (Lipinski definition) is 5. The predicted molar refractivity (Wildman–Crippen MR) is 122 cm³/mol. The molecule has 2 aliphatic rings. The largest absolute Gasteiger partial charge is 0.491 e. The molecule has 7 nitrogen and oxygen atoms in total. The molecule has 0 aromatic heterocycles. The van der Waals surface area contributed by atoms with Crippen LogP contribution in [0.4, 0.5) is 5.69 Å². The molecule has 172 valence electrons. The lowest BCUT2D eigenvalue weighted by Gasteiger charge is -2.34. The van der Waals surface area contributed by atoms with Gasteiger partial charge in [-0.25, -0.2) is 0 Å². The lowest BCUT2D eigenvalue weighted by molar-refractivity contribution is -0.119. The first-order valence-corrected chi connectivity index (χ1v) is 11.4. The predicted octanol–water partition coefficient (Wildman–Crippen LogP) is 3.25. The highest BCUT2D eigenvalue weighted by atomic mass is 16.5. The summed E-state index contributed by atoms with van der Waals surface area (Å²) in [5.74, 6) is 0.761. The van der Waals surface area contributed by atoms with Crippen molar-refractivity contribution in [3.8, 4) is 5.75 Å². The number of nitrogens with zero attached hydrogens (tertiary/aromatic N) is 2. The number of amides is 2. The van der Waals surface area contributed by atoms with E-state index < -0.39 is 0 Å². The molecular formula is C24H37N3O4. The molecule has 0 radical (unpaired) electrons. The monoisotopic (exact) mass is 431 g/mol. The first-order valence-electron chi connectivity index (χ1n) is 11.4. The number of carbonyl (C=O) groups is 2. The van der Waals surface area contributed by atoms with E-state index in [0.29, 0.717) is 30.2 Å². The van der Waals surface area contributed by atoms with Crippen LogP contribution in [0.25, 0.3) is 0 Å². The molecule has 31 heavy (non-hydrogen) atoms. The molecule has 1 aliphatic carbocycles. The molecule has 0 spiro atoms. The highest BCUT2D eigenvalue weighted by Gasteiger charge is 2.28. The Bertz CT molecular complexity index is 778. The number of hydrogen-bond donors (Lipinski definition) is 1. The fraction of sp³-hybridized carbons (Fsp3) is 0.667. The Hall–Kier alpha value is -2.12. The Morgan fingerprint density at radius 3 is 2.55 bits per heavy atom. The maximum absolute atomic E-state index is 13.3. The zero-order valence-electron chi connectivity index (χ0n) is 19.5. The van der Waals surface area contributed by atoms with Gasteiger partial charge in [-0.3, -0.25) is 14.5 Å². The van der Waals surface area contributed by atoms with Crippen LogP contribution in [-0.2, 0) is 9.53 Å². The normalized spacial score (nSPS) is 26.5. The van der Waals surface area contributed by atoms with E-state index in [2.05, 4.69) is 31.1 Å². The van der Waals surface area contributed by atoms with Crippen molar-refractivity contribution in [2.75, 3.05) is 46.2 Å². The molecule has 1 heterocycles. The zero-order valence-corrected chi connectivity index (χ0v) is 19.5. The molecule has 7 heteroatoms. The molecule has 1 saturated carbocycles. The molecule has 3 rings (SSSR count). The molecule has 1 aliphatic heterocycles. The van der Waals surface area contributed by atoms with Gasteiger partial charge in [0.2, 0.25) is 5.91 Å². The summed E-state index contributed by atoms with van der Waals surface area (Å²) in [7, 11) is 5.57. The van der Waals surface area contributed by atoms with Gasteiger partial charge in [0.1, 0.15) is 12.4 Å². The lowest BCUT2D eigenvalue weighted by atomic mass is 10.0. The van der Waals surface area contributed by atoms with Gasteiger partial charge in [0.25, 0.3) is 5.91 Å². The fourth-order valence-corrected chi connectivity index (χ4v) is 4.47. The van der Waals surface area contributed by atoms with Crippen molar-refractivity contribution in [2.45, 2.75) is 51.7 Å². The van der Waals surface area contributed by atoms with E-state index in [-0.39, 0.29) is 35.8 Å². The van der Waals surface area contributed by atoms with Crippen LogP contribution in [0.15, 0.2) is 18.2 Å². The molecule has 1 fully saturated rings. The Kier molecular flexibility index (Phi) is 7.94. The van der Waals surface area contributed by atoms with Gasteiger partial charge >= 0.3 is 0 Å². The standard InChI is InChI=1S/C24H37N3O4/c1-16-13-26(3)17(2)15-31-21-11-10-19(25-23(28)18-8-6-7-9-18)12-20(21)24(29)27(4)14-22(16)30-5/h10-12,16-18,22H,6-9,13-15H2,1-5H3,(H,25,28)/t16-,17+,22+/m1/s1. The Morgan fingerprint density at radius 2 is 1.87 bits per heavy atom. The van der Waals surface area contributed by atoms with Crippen molar-refractivity contribution in [1.29, 1.82) is 0 Å². The highest BCUT2D eigenvalue weighted by molar-refractivity contribution is 5.99. The molecule has 0 saturated heterocycles. The van der Waals surface area contributed by atoms with Gasteiger partial charge in [-0.1, -0.05) is 19.8 Å². The summed E-state index contributed by atoms with van der Waals surface area (Å²) in [6.07, 6.45) is 4.00. The summed E-state index contributed by atoms with van der Waals surface area (Å²) in [5.41, 5.74) is 1.10. The lowest BCUT2D eigenvalue weighted by Crippen LogP contribution is -2.45. The van der Waals surface area contributed by atoms with Gasteiger partial charge in [0, 0.05) is 44.9 Å². The topological polar surface area (TPSA) is 71.1 Å². The van der Waals surface area contributed by atoms with Crippen molar-refractivity contribution in [3.63, 3.8) is 0 Å². The molecular weight excluding hydrogens is 394 g/mol. The summed E-state index contributed by atoms with van der Waals surface area (Å²) >= 11 is 0. The fourth-order valence-electron chi connectivity index (χ4n) is 4.47. The van der Waals surface area contributed by atoms with E-state index in [0.717, 1.165) is 32.2 Å². The number of benzene rings is 1. The first kappa shape index (κ1) is 23.5. The number of carbonyl (C=O) groups excluding carboxylic acids is 2. The van der Waals surface area contributed by atoms with E-state index in [1.54, 1.807) is 31.2 Å². The minimum Gasteiger partial charge on any atom is -0.491 e. The van der Waals surface area contributed by atoms with E-state index in [9.17, 15) is 9.59 Å². The number of ether oxygens (including phenoxy) is 2. The second-order valence-electron chi connectivity index (χ2n) is 9.22. The van der Waals surface area contributed by atoms with E-state index in [1.165, 1.54) is 0 Å². The highest BCUT2D eigenvalue weighted by Crippen LogP contribution is 2.29. The molecule has 0 bridgehead atoms. The van der Waals surface area contributed by atoms with Gasteiger partial charge in [-0.2, -0.15) is 0 Å². The Morgan fingerprint density at radius 1 is 1.16 bits per heavy atom. The minimum absolute atomic E-state index is 0.0378. The van der Waals surface area contributed by atoms with Crippen molar-refractivity contribution in [2.24, 2.45) is 11.8 Å². The number of methoxy groups -OCH3 is 1. The van der Waals surface area contributed by atoms with Crippen LogP contribution in [0, 0.1) is 11.8 Å².